The van der Waals surface area contributed by atoms with E-state index in [2.05, 4.69) is 0 Å². The molecule has 2 N–H and O–H groups in total. The number of piperidine rings is 1. The van der Waals surface area contributed by atoms with Crippen LogP contribution in [0, 0.1) is 5.92 Å². The Morgan fingerprint density at radius 3 is 2.40 bits per heavy atom. The zero-order valence-corrected chi connectivity index (χ0v) is 13.8. The first-order valence-corrected chi connectivity index (χ1v) is 8.43. The van der Waals surface area contributed by atoms with Crippen LogP contribution in [0.1, 0.15) is 26.7 Å². The molecule has 2 heterocycles. The van der Waals surface area contributed by atoms with E-state index in [1.807, 2.05) is 13.8 Å². The molecule has 2 saturated heterocycles. The monoisotopic (exact) mass is 327 g/mol. The number of ether oxygens (including phenoxy) is 1. The maximum absolute atomic E-state index is 12.7. The molecule has 2 rings (SSSR count). The van der Waals surface area contributed by atoms with E-state index in [0.717, 1.165) is 12.8 Å². The van der Waals surface area contributed by atoms with Gasteiger partial charge in [-0.3, -0.25) is 0 Å². The summed E-state index contributed by atoms with van der Waals surface area (Å²) in [7, 11) is -3.35. The summed E-state index contributed by atoms with van der Waals surface area (Å²) in [4.78, 5) is 0. The lowest BCUT2D eigenvalue weighted by atomic mass is 9.99. The molecule has 2 aliphatic rings. The van der Waals surface area contributed by atoms with E-state index in [1.54, 1.807) is 8.61 Å². The fraction of sp³-hybridized carbons (Fsp3) is 1.00. The Morgan fingerprint density at radius 1 is 1.25 bits per heavy atom. The van der Waals surface area contributed by atoms with Gasteiger partial charge in [-0.25, -0.2) is 0 Å². The molecule has 0 aromatic carbocycles. The minimum Gasteiger partial charge on any atom is -0.375 e. The highest BCUT2D eigenvalue weighted by molar-refractivity contribution is 7.86. The molecule has 0 bridgehead atoms. The fourth-order valence-electron chi connectivity index (χ4n) is 2.72. The van der Waals surface area contributed by atoms with Gasteiger partial charge < -0.3 is 10.5 Å². The minimum absolute atomic E-state index is 0. The summed E-state index contributed by atoms with van der Waals surface area (Å²) in [6.45, 7) is 6.55. The van der Waals surface area contributed by atoms with Crippen molar-refractivity contribution >= 4 is 22.6 Å². The highest BCUT2D eigenvalue weighted by Gasteiger charge is 2.38. The lowest BCUT2D eigenvalue weighted by molar-refractivity contribution is -0.0194. The third-order valence-corrected chi connectivity index (χ3v) is 6.20. The summed E-state index contributed by atoms with van der Waals surface area (Å²) in [5, 5.41) is 0. The van der Waals surface area contributed by atoms with Crippen molar-refractivity contribution in [3.8, 4) is 0 Å². The molecule has 2 unspecified atom stereocenters. The van der Waals surface area contributed by atoms with Crippen LogP contribution in [0.4, 0.5) is 0 Å². The number of morpholine rings is 1. The average molecular weight is 328 g/mol. The van der Waals surface area contributed by atoms with E-state index in [4.69, 9.17) is 10.5 Å². The number of rotatable bonds is 3. The molecule has 20 heavy (non-hydrogen) atoms. The van der Waals surface area contributed by atoms with Crippen LogP contribution in [0.25, 0.3) is 0 Å². The number of hydrogen-bond acceptors (Lipinski definition) is 4. The Kier molecular flexibility index (Phi) is 6.69. The topological polar surface area (TPSA) is 75.9 Å². The maximum Gasteiger partial charge on any atom is 0.282 e. The molecule has 0 aromatic rings. The molecule has 0 saturated carbocycles. The van der Waals surface area contributed by atoms with Gasteiger partial charge in [-0.05, 0) is 39.2 Å². The van der Waals surface area contributed by atoms with Crippen LogP contribution in [0.3, 0.4) is 0 Å². The lowest BCUT2D eigenvalue weighted by Crippen LogP contribution is -2.56. The lowest BCUT2D eigenvalue weighted by Gasteiger charge is -2.40. The van der Waals surface area contributed by atoms with Crippen LogP contribution in [-0.2, 0) is 14.9 Å². The molecule has 6 nitrogen and oxygen atoms in total. The molecule has 2 fully saturated rings. The van der Waals surface area contributed by atoms with Crippen molar-refractivity contribution in [1.29, 1.82) is 0 Å². The van der Waals surface area contributed by atoms with Crippen molar-refractivity contribution in [2.75, 3.05) is 32.8 Å². The highest BCUT2D eigenvalue weighted by Crippen LogP contribution is 2.24. The van der Waals surface area contributed by atoms with Crippen LogP contribution in [0.15, 0.2) is 0 Å². The Hall–Kier alpha value is 0.0800. The van der Waals surface area contributed by atoms with Crippen molar-refractivity contribution < 1.29 is 13.2 Å². The SMILES string of the molecule is CC1CN(S(=O)(=O)N2CCC(CN)CC2)C(C)CO1.Cl. The summed E-state index contributed by atoms with van der Waals surface area (Å²) in [6, 6.07) is -0.0894. The van der Waals surface area contributed by atoms with Crippen molar-refractivity contribution in [2.24, 2.45) is 11.7 Å². The van der Waals surface area contributed by atoms with Gasteiger partial charge in [0.25, 0.3) is 10.2 Å². The Morgan fingerprint density at radius 2 is 1.85 bits per heavy atom. The Labute approximate surface area is 128 Å². The van der Waals surface area contributed by atoms with Gasteiger partial charge in [0.1, 0.15) is 0 Å². The van der Waals surface area contributed by atoms with Crippen LogP contribution in [-0.4, -0.2) is 62.0 Å². The Bertz CT molecular complexity index is 399. The summed E-state index contributed by atoms with van der Waals surface area (Å²) in [6.07, 6.45) is 1.70. The van der Waals surface area contributed by atoms with Crippen molar-refractivity contribution in [2.45, 2.75) is 38.8 Å². The molecule has 0 spiro atoms. The van der Waals surface area contributed by atoms with Gasteiger partial charge >= 0.3 is 0 Å². The second-order valence-corrected chi connectivity index (χ2v) is 7.53. The van der Waals surface area contributed by atoms with E-state index in [9.17, 15) is 8.42 Å². The first-order valence-electron chi connectivity index (χ1n) is 7.03. The third-order valence-electron chi connectivity index (χ3n) is 4.08. The average Bonchev–Trinajstić information content (AvgIpc) is 2.41. The largest absolute Gasteiger partial charge is 0.375 e. The van der Waals surface area contributed by atoms with Crippen molar-refractivity contribution in [1.82, 2.24) is 8.61 Å². The normalized spacial score (nSPS) is 30.9. The molecule has 0 aromatic heterocycles. The van der Waals surface area contributed by atoms with Gasteiger partial charge in [0.15, 0.2) is 0 Å². The Balaban J connectivity index is 0.00000200. The van der Waals surface area contributed by atoms with Gasteiger partial charge in [0.05, 0.1) is 12.7 Å². The van der Waals surface area contributed by atoms with Gasteiger partial charge in [0, 0.05) is 25.7 Å². The predicted octanol–water partition coefficient (Wildman–Crippen LogP) is 0.433. The van der Waals surface area contributed by atoms with E-state index in [0.29, 0.717) is 38.7 Å². The van der Waals surface area contributed by atoms with Crippen LogP contribution in [0.5, 0.6) is 0 Å². The maximum atomic E-state index is 12.7. The number of nitrogens with two attached hydrogens (primary N) is 1. The molecule has 0 amide bonds. The molecule has 0 radical (unpaired) electrons. The first kappa shape index (κ1) is 18.1. The zero-order valence-electron chi connectivity index (χ0n) is 12.2. The van der Waals surface area contributed by atoms with Gasteiger partial charge in [-0.2, -0.15) is 17.0 Å². The third kappa shape index (κ3) is 3.84. The van der Waals surface area contributed by atoms with Gasteiger partial charge in [-0.1, -0.05) is 0 Å². The molecule has 8 heteroatoms. The molecule has 2 aliphatic heterocycles. The van der Waals surface area contributed by atoms with E-state index in [-0.39, 0.29) is 24.6 Å². The molecule has 120 valence electrons. The van der Waals surface area contributed by atoms with Crippen LogP contribution in [0.2, 0.25) is 0 Å². The predicted molar refractivity (Wildman–Crippen MR) is 81.1 cm³/mol. The summed E-state index contributed by atoms with van der Waals surface area (Å²) in [5.74, 6) is 0.465. The minimum atomic E-state index is -3.35. The molecule has 2 atom stereocenters. The second kappa shape index (κ2) is 7.38. The van der Waals surface area contributed by atoms with E-state index in [1.165, 1.54) is 0 Å². The van der Waals surface area contributed by atoms with Gasteiger partial charge in [-0.15, -0.1) is 12.4 Å². The number of hydrogen-bond donors (Lipinski definition) is 1. The second-order valence-electron chi connectivity index (χ2n) is 5.65. The zero-order chi connectivity index (χ0) is 14.0. The summed E-state index contributed by atoms with van der Waals surface area (Å²) >= 11 is 0. The highest BCUT2D eigenvalue weighted by atomic mass is 35.5. The smallest absolute Gasteiger partial charge is 0.282 e. The van der Waals surface area contributed by atoms with Crippen molar-refractivity contribution in [3.05, 3.63) is 0 Å². The standard InChI is InChI=1S/C12H25N3O3S.ClH/c1-10-9-18-11(2)8-15(10)19(16,17)14-5-3-12(7-13)4-6-14;/h10-12H,3-9,13H2,1-2H3;1H. The molecular weight excluding hydrogens is 302 g/mol. The summed E-state index contributed by atoms with van der Waals surface area (Å²) < 4.78 is 34.0. The quantitative estimate of drug-likeness (QED) is 0.815. The van der Waals surface area contributed by atoms with Crippen molar-refractivity contribution in [3.63, 3.8) is 0 Å². The first-order chi connectivity index (χ1) is 8.95. The molecule has 0 aliphatic carbocycles. The van der Waals surface area contributed by atoms with Crippen LogP contribution < -0.4 is 5.73 Å². The number of halogens is 1. The van der Waals surface area contributed by atoms with E-state index < -0.39 is 10.2 Å². The fourth-order valence-corrected chi connectivity index (χ4v) is 4.60. The molecular formula is C12H26ClN3O3S. The van der Waals surface area contributed by atoms with Gasteiger partial charge in [0.2, 0.25) is 0 Å². The van der Waals surface area contributed by atoms with E-state index >= 15 is 0 Å². The summed E-state index contributed by atoms with van der Waals surface area (Å²) in [5.41, 5.74) is 5.65. The van der Waals surface area contributed by atoms with Crippen LogP contribution >= 0.6 is 12.4 Å². The number of nitrogens with zero attached hydrogens (tertiary/aromatic N) is 2.